The Morgan fingerprint density at radius 2 is 2.29 bits per heavy atom. The molecule has 3 rings (SSSR count). The molecule has 1 fully saturated rings. The third-order valence-corrected chi connectivity index (χ3v) is 3.91. The Hall–Kier alpha value is -2.08. The lowest BCUT2D eigenvalue weighted by Crippen LogP contribution is -2.39. The first kappa shape index (κ1) is 13.9. The SMILES string of the molecule is CC1Oc2c(cccc2C(=O)NCC(N)C2CC2)NC1=O. The topological polar surface area (TPSA) is 93.4 Å². The average Bonchev–Trinajstić information content (AvgIpc) is 3.29. The highest BCUT2D eigenvalue weighted by molar-refractivity contribution is 6.03. The zero-order chi connectivity index (χ0) is 15.0. The molecule has 0 spiro atoms. The van der Waals surface area contributed by atoms with Crippen molar-refractivity contribution in [1.82, 2.24) is 5.32 Å². The molecular formula is C15H19N3O3. The Bertz CT molecular complexity index is 584. The Morgan fingerprint density at radius 1 is 1.52 bits per heavy atom. The van der Waals surface area contributed by atoms with Gasteiger partial charge in [0, 0.05) is 12.6 Å². The van der Waals surface area contributed by atoms with Crippen molar-refractivity contribution in [1.29, 1.82) is 0 Å². The van der Waals surface area contributed by atoms with Crippen LogP contribution in [0.5, 0.6) is 5.75 Å². The number of carbonyl (C=O) groups excluding carboxylic acids is 2. The lowest BCUT2D eigenvalue weighted by molar-refractivity contribution is -0.122. The Morgan fingerprint density at radius 3 is 3.00 bits per heavy atom. The minimum Gasteiger partial charge on any atom is -0.478 e. The van der Waals surface area contributed by atoms with Gasteiger partial charge in [0.25, 0.3) is 11.8 Å². The molecule has 0 radical (unpaired) electrons. The number of carbonyl (C=O) groups is 2. The second kappa shape index (κ2) is 5.37. The van der Waals surface area contributed by atoms with Gasteiger partial charge in [0.2, 0.25) is 0 Å². The molecule has 1 saturated carbocycles. The Balaban J connectivity index is 1.74. The smallest absolute Gasteiger partial charge is 0.265 e. The molecule has 1 aromatic carbocycles. The number of hydrogen-bond donors (Lipinski definition) is 3. The fraction of sp³-hybridized carbons (Fsp3) is 0.467. The van der Waals surface area contributed by atoms with Crippen molar-refractivity contribution in [2.45, 2.75) is 31.9 Å². The van der Waals surface area contributed by atoms with Crippen LogP contribution in [0.4, 0.5) is 5.69 Å². The summed E-state index contributed by atoms with van der Waals surface area (Å²) in [6.07, 6.45) is 1.68. The van der Waals surface area contributed by atoms with E-state index in [-0.39, 0.29) is 17.9 Å². The second-order valence-corrected chi connectivity index (χ2v) is 5.64. The van der Waals surface area contributed by atoms with Gasteiger partial charge >= 0.3 is 0 Å². The Kier molecular flexibility index (Phi) is 3.55. The predicted molar refractivity (Wildman–Crippen MR) is 78.2 cm³/mol. The van der Waals surface area contributed by atoms with Crippen molar-refractivity contribution in [2.75, 3.05) is 11.9 Å². The second-order valence-electron chi connectivity index (χ2n) is 5.64. The van der Waals surface area contributed by atoms with Gasteiger partial charge in [-0.15, -0.1) is 0 Å². The van der Waals surface area contributed by atoms with E-state index in [0.717, 1.165) is 12.8 Å². The first-order valence-corrected chi connectivity index (χ1v) is 7.20. The highest BCUT2D eigenvalue weighted by atomic mass is 16.5. The van der Waals surface area contributed by atoms with Crippen molar-refractivity contribution in [2.24, 2.45) is 11.7 Å². The van der Waals surface area contributed by atoms with Crippen LogP contribution in [0.1, 0.15) is 30.1 Å². The van der Waals surface area contributed by atoms with Crippen molar-refractivity contribution in [3.63, 3.8) is 0 Å². The number of anilines is 1. The molecule has 0 saturated heterocycles. The molecule has 0 bridgehead atoms. The van der Waals surface area contributed by atoms with E-state index >= 15 is 0 Å². The van der Waals surface area contributed by atoms with Crippen molar-refractivity contribution >= 4 is 17.5 Å². The first-order chi connectivity index (χ1) is 10.1. The van der Waals surface area contributed by atoms with Gasteiger partial charge in [-0.05, 0) is 37.8 Å². The summed E-state index contributed by atoms with van der Waals surface area (Å²) in [4.78, 5) is 23.9. The average molecular weight is 289 g/mol. The van der Waals surface area contributed by atoms with E-state index in [1.807, 2.05) is 0 Å². The lowest BCUT2D eigenvalue weighted by atomic mass is 10.1. The van der Waals surface area contributed by atoms with E-state index in [4.69, 9.17) is 10.5 Å². The maximum Gasteiger partial charge on any atom is 0.265 e. The lowest BCUT2D eigenvalue weighted by Gasteiger charge is -2.25. The first-order valence-electron chi connectivity index (χ1n) is 7.20. The van der Waals surface area contributed by atoms with Crippen LogP contribution in [0.15, 0.2) is 18.2 Å². The highest BCUT2D eigenvalue weighted by Gasteiger charge is 2.30. The van der Waals surface area contributed by atoms with Gasteiger partial charge in [-0.25, -0.2) is 0 Å². The molecule has 2 aliphatic rings. The predicted octanol–water partition coefficient (Wildman–Crippen LogP) is 0.873. The number of fused-ring (bicyclic) bond motifs is 1. The molecule has 4 N–H and O–H groups in total. The van der Waals surface area contributed by atoms with Crippen LogP contribution in [0.2, 0.25) is 0 Å². The molecule has 1 heterocycles. The van der Waals surface area contributed by atoms with E-state index in [0.29, 0.717) is 29.5 Å². The zero-order valence-electron chi connectivity index (χ0n) is 11.9. The molecule has 112 valence electrons. The van der Waals surface area contributed by atoms with Crippen LogP contribution in [-0.4, -0.2) is 30.5 Å². The fourth-order valence-electron chi connectivity index (χ4n) is 2.40. The number of ether oxygens (including phenoxy) is 1. The summed E-state index contributed by atoms with van der Waals surface area (Å²) in [5.74, 6) is 0.509. The van der Waals surface area contributed by atoms with E-state index in [1.165, 1.54) is 0 Å². The number of nitrogens with one attached hydrogen (secondary N) is 2. The summed E-state index contributed by atoms with van der Waals surface area (Å²) in [5.41, 5.74) is 6.92. The summed E-state index contributed by atoms with van der Waals surface area (Å²) in [5, 5.41) is 5.57. The highest BCUT2D eigenvalue weighted by Crippen LogP contribution is 2.33. The van der Waals surface area contributed by atoms with E-state index in [1.54, 1.807) is 25.1 Å². The quantitative estimate of drug-likeness (QED) is 0.767. The fourth-order valence-corrected chi connectivity index (χ4v) is 2.40. The summed E-state index contributed by atoms with van der Waals surface area (Å²) in [7, 11) is 0. The normalized spacial score (nSPS) is 21.8. The van der Waals surface area contributed by atoms with E-state index < -0.39 is 6.10 Å². The van der Waals surface area contributed by atoms with Crippen molar-refractivity contribution < 1.29 is 14.3 Å². The van der Waals surface area contributed by atoms with Crippen LogP contribution < -0.4 is 21.1 Å². The number of benzene rings is 1. The molecular weight excluding hydrogens is 270 g/mol. The number of rotatable bonds is 4. The molecule has 2 unspecified atom stereocenters. The molecule has 1 aliphatic carbocycles. The summed E-state index contributed by atoms with van der Waals surface area (Å²) >= 11 is 0. The van der Waals surface area contributed by atoms with Crippen LogP contribution >= 0.6 is 0 Å². The summed E-state index contributed by atoms with van der Waals surface area (Å²) < 4.78 is 5.56. The van der Waals surface area contributed by atoms with Crippen molar-refractivity contribution in [3.8, 4) is 5.75 Å². The summed E-state index contributed by atoms with van der Waals surface area (Å²) in [6, 6.07) is 5.12. The van der Waals surface area contributed by atoms with Gasteiger partial charge in [-0.2, -0.15) is 0 Å². The minimum absolute atomic E-state index is 0.00744. The van der Waals surface area contributed by atoms with Gasteiger partial charge in [0.15, 0.2) is 11.9 Å². The molecule has 2 atom stereocenters. The third kappa shape index (κ3) is 2.85. The number of amides is 2. The van der Waals surface area contributed by atoms with Crippen LogP contribution in [-0.2, 0) is 4.79 Å². The number of hydrogen-bond acceptors (Lipinski definition) is 4. The third-order valence-electron chi connectivity index (χ3n) is 3.91. The van der Waals surface area contributed by atoms with Gasteiger partial charge < -0.3 is 21.1 Å². The van der Waals surface area contributed by atoms with Gasteiger partial charge in [0.1, 0.15) is 0 Å². The number of para-hydroxylation sites is 1. The number of nitrogens with two attached hydrogens (primary N) is 1. The maximum absolute atomic E-state index is 12.3. The molecule has 1 aromatic rings. The molecule has 0 aromatic heterocycles. The molecule has 6 nitrogen and oxygen atoms in total. The van der Waals surface area contributed by atoms with Crippen LogP contribution in [0.25, 0.3) is 0 Å². The largest absolute Gasteiger partial charge is 0.478 e. The van der Waals surface area contributed by atoms with Gasteiger partial charge in [-0.3, -0.25) is 9.59 Å². The van der Waals surface area contributed by atoms with E-state index in [9.17, 15) is 9.59 Å². The zero-order valence-corrected chi connectivity index (χ0v) is 11.9. The maximum atomic E-state index is 12.3. The molecule has 2 amide bonds. The van der Waals surface area contributed by atoms with Crippen LogP contribution in [0.3, 0.4) is 0 Å². The molecule has 1 aliphatic heterocycles. The standard InChI is InChI=1S/C15H19N3O3/c1-8-14(19)18-12-4-2-3-10(13(12)21-8)15(20)17-7-11(16)9-5-6-9/h2-4,8-9,11H,5-7,16H2,1H3,(H,17,20)(H,18,19). The van der Waals surface area contributed by atoms with Gasteiger partial charge in [-0.1, -0.05) is 6.07 Å². The minimum atomic E-state index is -0.611. The van der Waals surface area contributed by atoms with Crippen LogP contribution in [0, 0.1) is 5.92 Å². The summed E-state index contributed by atoms with van der Waals surface area (Å²) in [6.45, 7) is 2.10. The molecule has 6 heteroatoms. The Labute approximate surface area is 123 Å². The van der Waals surface area contributed by atoms with E-state index in [2.05, 4.69) is 10.6 Å². The molecule has 21 heavy (non-hydrogen) atoms. The van der Waals surface area contributed by atoms with Crippen molar-refractivity contribution in [3.05, 3.63) is 23.8 Å². The monoisotopic (exact) mass is 289 g/mol. The van der Waals surface area contributed by atoms with Gasteiger partial charge in [0.05, 0.1) is 11.3 Å².